The van der Waals surface area contributed by atoms with Gasteiger partial charge in [-0.25, -0.2) is 0 Å². The Balaban J connectivity index is 1.83. The van der Waals surface area contributed by atoms with Gasteiger partial charge in [-0.15, -0.1) is 0 Å². The fourth-order valence-electron chi connectivity index (χ4n) is 2.88. The summed E-state index contributed by atoms with van der Waals surface area (Å²) in [6.45, 7) is 1.73. The SMILES string of the molecule is O=C(c1ccc(Br)cc1)N(Cc1ccc(Cl)cc1Cl)C[C@@H]1CCCO1. The maximum atomic E-state index is 13.0. The minimum atomic E-state index is -0.0333. The second-order valence-corrected chi connectivity index (χ2v) is 7.82. The molecular weight excluding hydrogens is 425 g/mol. The Morgan fingerprint density at radius 1 is 1.20 bits per heavy atom. The molecule has 2 aromatic rings. The molecule has 0 saturated carbocycles. The summed E-state index contributed by atoms with van der Waals surface area (Å²) in [4.78, 5) is 14.8. The van der Waals surface area contributed by atoms with Crippen molar-refractivity contribution in [1.29, 1.82) is 0 Å². The van der Waals surface area contributed by atoms with Gasteiger partial charge in [0.15, 0.2) is 0 Å². The molecule has 1 aliphatic heterocycles. The van der Waals surface area contributed by atoms with Gasteiger partial charge in [-0.05, 0) is 54.8 Å². The third-order valence-electron chi connectivity index (χ3n) is 4.20. The second-order valence-electron chi connectivity index (χ2n) is 6.06. The van der Waals surface area contributed by atoms with E-state index in [9.17, 15) is 4.79 Å². The summed E-state index contributed by atoms with van der Waals surface area (Å²) in [5, 5.41) is 1.15. The van der Waals surface area contributed by atoms with Crippen molar-refractivity contribution in [2.75, 3.05) is 13.2 Å². The van der Waals surface area contributed by atoms with E-state index in [-0.39, 0.29) is 12.0 Å². The predicted octanol–water partition coefficient (Wildman–Crippen LogP) is 5.58. The molecule has 3 nitrogen and oxygen atoms in total. The first-order valence-corrected chi connectivity index (χ1v) is 9.68. The van der Waals surface area contributed by atoms with E-state index in [0.29, 0.717) is 28.7 Å². The molecule has 2 aromatic carbocycles. The zero-order valence-electron chi connectivity index (χ0n) is 13.6. The quantitative estimate of drug-likeness (QED) is 0.605. The first-order valence-electron chi connectivity index (χ1n) is 8.13. The average molecular weight is 443 g/mol. The van der Waals surface area contributed by atoms with Crippen molar-refractivity contribution < 1.29 is 9.53 Å². The summed E-state index contributed by atoms with van der Waals surface area (Å²) in [6, 6.07) is 12.7. The van der Waals surface area contributed by atoms with E-state index in [0.717, 1.165) is 29.5 Å². The smallest absolute Gasteiger partial charge is 0.254 e. The molecule has 1 amide bonds. The molecule has 1 aliphatic rings. The molecule has 0 aliphatic carbocycles. The van der Waals surface area contributed by atoms with Crippen molar-refractivity contribution in [2.45, 2.75) is 25.5 Å². The summed E-state index contributed by atoms with van der Waals surface area (Å²) in [7, 11) is 0. The van der Waals surface area contributed by atoms with Crippen LogP contribution in [-0.4, -0.2) is 30.1 Å². The third kappa shape index (κ3) is 4.98. The molecule has 6 heteroatoms. The topological polar surface area (TPSA) is 29.5 Å². The summed E-state index contributed by atoms with van der Waals surface area (Å²) in [6.07, 6.45) is 2.08. The van der Waals surface area contributed by atoms with Crippen LogP contribution in [0.2, 0.25) is 10.0 Å². The summed E-state index contributed by atoms with van der Waals surface area (Å²) < 4.78 is 6.66. The molecule has 0 unspecified atom stereocenters. The summed E-state index contributed by atoms with van der Waals surface area (Å²) >= 11 is 15.7. The zero-order chi connectivity index (χ0) is 17.8. The van der Waals surface area contributed by atoms with Gasteiger partial charge in [-0.3, -0.25) is 4.79 Å². The lowest BCUT2D eigenvalue weighted by atomic mass is 10.1. The molecule has 0 spiro atoms. The van der Waals surface area contributed by atoms with E-state index in [4.69, 9.17) is 27.9 Å². The normalized spacial score (nSPS) is 16.8. The number of hydrogen-bond acceptors (Lipinski definition) is 2. The predicted molar refractivity (Wildman–Crippen MR) is 104 cm³/mol. The Kier molecular flexibility index (Phi) is 6.39. The molecule has 0 radical (unpaired) electrons. The van der Waals surface area contributed by atoms with Gasteiger partial charge in [0.1, 0.15) is 0 Å². The number of carbonyl (C=O) groups is 1. The standard InChI is InChI=1S/C19H18BrCl2NO2/c20-15-6-3-13(4-7-15)19(24)23(12-17-2-1-9-25-17)11-14-5-8-16(21)10-18(14)22/h3-8,10,17H,1-2,9,11-12H2/t17-/m0/s1. The van der Waals surface area contributed by atoms with Gasteiger partial charge >= 0.3 is 0 Å². The number of rotatable bonds is 5. The van der Waals surface area contributed by atoms with Crippen molar-refractivity contribution in [3.8, 4) is 0 Å². The highest BCUT2D eigenvalue weighted by Gasteiger charge is 2.24. The Morgan fingerprint density at radius 2 is 1.96 bits per heavy atom. The largest absolute Gasteiger partial charge is 0.376 e. The van der Waals surface area contributed by atoms with Crippen molar-refractivity contribution in [3.63, 3.8) is 0 Å². The van der Waals surface area contributed by atoms with Gasteiger partial charge in [0.2, 0.25) is 0 Å². The number of amides is 1. The average Bonchev–Trinajstić information content (AvgIpc) is 3.10. The van der Waals surface area contributed by atoms with Crippen LogP contribution in [0.15, 0.2) is 46.9 Å². The van der Waals surface area contributed by atoms with Crippen LogP contribution >= 0.6 is 39.1 Å². The molecule has 0 bridgehead atoms. The Morgan fingerprint density at radius 3 is 2.60 bits per heavy atom. The van der Waals surface area contributed by atoms with Gasteiger partial charge in [0, 0.05) is 39.8 Å². The zero-order valence-corrected chi connectivity index (χ0v) is 16.6. The lowest BCUT2D eigenvalue weighted by Crippen LogP contribution is -2.37. The first-order chi connectivity index (χ1) is 12.0. The molecular formula is C19H18BrCl2NO2. The number of carbonyl (C=O) groups excluding carboxylic acids is 1. The second kappa shape index (κ2) is 8.54. The van der Waals surface area contributed by atoms with Crippen LogP contribution in [0.5, 0.6) is 0 Å². The molecule has 0 aromatic heterocycles. The molecule has 25 heavy (non-hydrogen) atoms. The van der Waals surface area contributed by atoms with E-state index in [1.54, 1.807) is 17.0 Å². The highest BCUT2D eigenvalue weighted by Crippen LogP contribution is 2.24. The van der Waals surface area contributed by atoms with Gasteiger partial charge in [0.05, 0.1) is 6.10 Å². The van der Waals surface area contributed by atoms with Crippen molar-refractivity contribution >= 4 is 45.0 Å². The fourth-order valence-corrected chi connectivity index (χ4v) is 3.62. The van der Waals surface area contributed by atoms with E-state index in [1.807, 2.05) is 30.3 Å². The minimum absolute atomic E-state index is 0.0333. The Hall–Kier alpha value is -1.07. The highest BCUT2D eigenvalue weighted by molar-refractivity contribution is 9.10. The van der Waals surface area contributed by atoms with Crippen molar-refractivity contribution in [2.24, 2.45) is 0 Å². The number of hydrogen-bond donors (Lipinski definition) is 0. The molecule has 3 rings (SSSR count). The lowest BCUT2D eigenvalue weighted by molar-refractivity contribution is 0.0507. The lowest BCUT2D eigenvalue weighted by Gasteiger charge is -2.26. The van der Waals surface area contributed by atoms with Crippen LogP contribution in [0.4, 0.5) is 0 Å². The van der Waals surface area contributed by atoms with Gasteiger partial charge in [0.25, 0.3) is 5.91 Å². The monoisotopic (exact) mass is 441 g/mol. The number of benzene rings is 2. The highest BCUT2D eigenvalue weighted by atomic mass is 79.9. The van der Waals surface area contributed by atoms with Crippen molar-refractivity contribution in [1.82, 2.24) is 4.90 Å². The molecule has 0 N–H and O–H groups in total. The number of nitrogens with zero attached hydrogens (tertiary/aromatic N) is 1. The number of halogens is 3. The van der Waals surface area contributed by atoms with Gasteiger partial charge in [-0.2, -0.15) is 0 Å². The van der Waals surface area contributed by atoms with Crippen LogP contribution < -0.4 is 0 Å². The van der Waals surface area contributed by atoms with Crippen LogP contribution in [0, 0.1) is 0 Å². The van der Waals surface area contributed by atoms with Crippen molar-refractivity contribution in [3.05, 3.63) is 68.1 Å². The van der Waals surface area contributed by atoms with Gasteiger partial charge in [-0.1, -0.05) is 45.2 Å². The Labute approximate surface area is 166 Å². The molecule has 1 saturated heterocycles. The first kappa shape index (κ1) is 18.7. The Bertz CT molecular complexity index is 746. The van der Waals surface area contributed by atoms with Crippen LogP contribution in [0.3, 0.4) is 0 Å². The fraction of sp³-hybridized carbons (Fsp3) is 0.316. The maximum absolute atomic E-state index is 13.0. The van der Waals surface area contributed by atoms with Gasteiger partial charge < -0.3 is 9.64 Å². The minimum Gasteiger partial charge on any atom is -0.376 e. The van der Waals surface area contributed by atoms with E-state index >= 15 is 0 Å². The molecule has 1 fully saturated rings. The van der Waals surface area contributed by atoms with E-state index < -0.39 is 0 Å². The third-order valence-corrected chi connectivity index (χ3v) is 5.32. The van der Waals surface area contributed by atoms with Crippen LogP contribution in [0.1, 0.15) is 28.8 Å². The maximum Gasteiger partial charge on any atom is 0.254 e. The molecule has 132 valence electrons. The summed E-state index contributed by atoms with van der Waals surface area (Å²) in [5.74, 6) is -0.0333. The summed E-state index contributed by atoms with van der Waals surface area (Å²) in [5.41, 5.74) is 1.51. The molecule has 1 heterocycles. The van der Waals surface area contributed by atoms with Crippen LogP contribution in [-0.2, 0) is 11.3 Å². The number of ether oxygens (including phenoxy) is 1. The van der Waals surface area contributed by atoms with Crippen LogP contribution in [0.25, 0.3) is 0 Å². The van der Waals surface area contributed by atoms with E-state index in [1.165, 1.54) is 0 Å². The van der Waals surface area contributed by atoms with E-state index in [2.05, 4.69) is 15.9 Å². The molecule has 1 atom stereocenters.